The van der Waals surface area contributed by atoms with Crippen LogP contribution in [0, 0.1) is 5.41 Å². The van der Waals surface area contributed by atoms with Gasteiger partial charge in [0.1, 0.15) is 0 Å². The Labute approximate surface area is 104 Å². The topological polar surface area (TPSA) is 80.1 Å². The fourth-order valence-electron chi connectivity index (χ4n) is 1.50. The van der Waals surface area contributed by atoms with Crippen LogP contribution in [0.15, 0.2) is 29.6 Å². The van der Waals surface area contributed by atoms with Gasteiger partial charge in [0.25, 0.3) is 0 Å². The maximum absolute atomic E-state index is 7.12. The summed E-state index contributed by atoms with van der Waals surface area (Å²) in [4.78, 5) is 0. The predicted octanol–water partition coefficient (Wildman–Crippen LogP) is 1.93. The molecule has 0 aliphatic heterocycles. The molecule has 0 atom stereocenters. The SMILES string of the molecule is N=C(N)CCCCSc1nnc2ccccn12. The number of thioether (sulfide) groups is 1. The predicted molar refractivity (Wildman–Crippen MR) is 69.5 cm³/mol. The summed E-state index contributed by atoms with van der Waals surface area (Å²) in [6.45, 7) is 0. The van der Waals surface area contributed by atoms with Crippen LogP contribution in [0.2, 0.25) is 0 Å². The van der Waals surface area contributed by atoms with Gasteiger partial charge < -0.3 is 5.73 Å². The lowest BCUT2D eigenvalue weighted by Gasteiger charge is -2.00. The highest BCUT2D eigenvalue weighted by atomic mass is 32.2. The van der Waals surface area contributed by atoms with Gasteiger partial charge >= 0.3 is 0 Å². The Kier molecular flexibility index (Phi) is 3.98. The monoisotopic (exact) mass is 249 g/mol. The molecule has 0 fully saturated rings. The Bertz CT molecular complexity index is 507. The van der Waals surface area contributed by atoms with Crippen molar-refractivity contribution >= 4 is 23.2 Å². The number of nitrogens with one attached hydrogen (secondary N) is 1. The molecule has 0 saturated heterocycles. The number of nitrogens with two attached hydrogens (primary N) is 1. The minimum Gasteiger partial charge on any atom is -0.388 e. The minimum atomic E-state index is 0.267. The average Bonchev–Trinajstić information content (AvgIpc) is 2.72. The van der Waals surface area contributed by atoms with E-state index in [-0.39, 0.29) is 5.84 Å². The van der Waals surface area contributed by atoms with Crippen molar-refractivity contribution in [2.24, 2.45) is 5.73 Å². The Morgan fingerprint density at radius 3 is 3.06 bits per heavy atom. The van der Waals surface area contributed by atoms with Crippen LogP contribution in [0.25, 0.3) is 5.65 Å². The number of nitrogens with zero attached hydrogens (tertiary/aromatic N) is 3. The number of rotatable bonds is 6. The summed E-state index contributed by atoms with van der Waals surface area (Å²) in [6, 6.07) is 5.86. The molecule has 2 aromatic rings. The number of hydrogen-bond acceptors (Lipinski definition) is 4. The van der Waals surface area contributed by atoms with Gasteiger partial charge in [0.05, 0.1) is 5.84 Å². The lowest BCUT2D eigenvalue weighted by Crippen LogP contribution is -2.08. The molecular formula is C11H15N5S. The first kappa shape index (κ1) is 11.9. The summed E-state index contributed by atoms with van der Waals surface area (Å²) in [7, 11) is 0. The van der Waals surface area contributed by atoms with Crippen LogP contribution >= 0.6 is 11.8 Å². The first-order valence-electron chi connectivity index (χ1n) is 5.53. The second-order valence-corrected chi connectivity index (χ2v) is 4.80. The van der Waals surface area contributed by atoms with Crippen LogP contribution in [0.5, 0.6) is 0 Å². The van der Waals surface area contributed by atoms with Crippen LogP contribution < -0.4 is 5.73 Å². The number of pyridine rings is 1. The van der Waals surface area contributed by atoms with Crippen molar-refractivity contribution in [3.8, 4) is 0 Å². The van der Waals surface area contributed by atoms with E-state index in [0.717, 1.165) is 29.4 Å². The number of aromatic nitrogens is 3. The zero-order chi connectivity index (χ0) is 12.1. The molecule has 17 heavy (non-hydrogen) atoms. The zero-order valence-corrected chi connectivity index (χ0v) is 10.3. The summed E-state index contributed by atoms with van der Waals surface area (Å²) in [5, 5.41) is 16.3. The first-order chi connectivity index (χ1) is 8.27. The molecule has 0 spiro atoms. The van der Waals surface area contributed by atoms with E-state index in [1.54, 1.807) is 11.8 Å². The molecular weight excluding hydrogens is 234 g/mol. The minimum absolute atomic E-state index is 0.267. The highest BCUT2D eigenvalue weighted by molar-refractivity contribution is 7.99. The van der Waals surface area contributed by atoms with Crippen molar-refractivity contribution in [1.82, 2.24) is 14.6 Å². The van der Waals surface area contributed by atoms with E-state index >= 15 is 0 Å². The van der Waals surface area contributed by atoms with Gasteiger partial charge in [-0.25, -0.2) is 0 Å². The van der Waals surface area contributed by atoms with Crippen molar-refractivity contribution in [3.05, 3.63) is 24.4 Å². The smallest absolute Gasteiger partial charge is 0.195 e. The maximum atomic E-state index is 7.12. The molecule has 0 saturated carbocycles. The van der Waals surface area contributed by atoms with Crippen molar-refractivity contribution < 1.29 is 0 Å². The van der Waals surface area contributed by atoms with E-state index < -0.39 is 0 Å². The highest BCUT2D eigenvalue weighted by Crippen LogP contribution is 2.18. The Hall–Kier alpha value is -1.56. The van der Waals surface area contributed by atoms with Gasteiger partial charge in [-0.15, -0.1) is 10.2 Å². The summed E-state index contributed by atoms with van der Waals surface area (Å²) >= 11 is 1.69. The van der Waals surface area contributed by atoms with Gasteiger partial charge in [0, 0.05) is 18.4 Å². The molecule has 5 nitrogen and oxygen atoms in total. The second kappa shape index (κ2) is 5.67. The summed E-state index contributed by atoms with van der Waals surface area (Å²) < 4.78 is 1.98. The van der Waals surface area contributed by atoms with Gasteiger partial charge in [-0.2, -0.15) is 0 Å². The van der Waals surface area contributed by atoms with E-state index in [1.807, 2.05) is 28.8 Å². The largest absolute Gasteiger partial charge is 0.388 e. The number of fused-ring (bicyclic) bond motifs is 1. The molecule has 90 valence electrons. The second-order valence-electron chi connectivity index (χ2n) is 3.74. The highest BCUT2D eigenvalue weighted by Gasteiger charge is 2.04. The fraction of sp³-hybridized carbons (Fsp3) is 0.364. The summed E-state index contributed by atoms with van der Waals surface area (Å²) in [6.07, 6.45) is 4.64. The van der Waals surface area contributed by atoms with Crippen LogP contribution in [-0.2, 0) is 0 Å². The summed E-state index contributed by atoms with van der Waals surface area (Å²) in [5.41, 5.74) is 6.17. The van der Waals surface area contributed by atoms with Crippen molar-refractivity contribution in [1.29, 1.82) is 5.41 Å². The quantitative estimate of drug-likeness (QED) is 0.355. The van der Waals surface area contributed by atoms with Crippen LogP contribution in [0.4, 0.5) is 0 Å². The molecule has 2 aromatic heterocycles. The van der Waals surface area contributed by atoms with Gasteiger partial charge in [0.2, 0.25) is 0 Å². The molecule has 0 aliphatic rings. The van der Waals surface area contributed by atoms with E-state index in [4.69, 9.17) is 11.1 Å². The molecule has 0 amide bonds. The van der Waals surface area contributed by atoms with Crippen LogP contribution in [0.1, 0.15) is 19.3 Å². The van der Waals surface area contributed by atoms with E-state index in [9.17, 15) is 0 Å². The van der Waals surface area contributed by atoms with Gasteiger partial charge in [0.15, 0.2) is 10.8 Å². The standard InChI is InChI=1S/C11H15N5S/c12-9(13)5-2-4-8-17-11-15-14-10-6-1-3-7-16(10)11/h1,3,6-7H,2,4-5,8H2,(H3,12,13). The Morgan fingerprint density at radius 1 is 1.35 bits per heavy atom. The van der Waals surface area contributed by atoms with E-state index in [2.05, 4.69) is 10.2 Å². The Morgan fingerprint density at radius 2 is 2.24 bits per heavy atom. The van der Waals surface area contributed by atoms with E-state index in [1.165, 1.54) is 0 Å². The molecule has 2 rings (SSSR count). The van der Waals surface area contributed by atoms with Gasteiger partial charge in [-0.1, -0.05) is 17.8 Å². The third-order valence-corrected chi connectivity index (χ3v) is 3.38. The molecule has 3 N–H and O–H groups in total. The lowest BCUT2D eigenvalue weighted by molar-refractivity contribution is 0.831. The molecule has 0 bridgehead atoms. The number of hydrogen-bond donors (Lipinski definition) is 2. The van der Waals surface area contributed by atoms with Crippen LogP contribution in [-0.4, -0.2) is 26.2 Å². The summed E-state index contributed by atoms with van der Waals surface area (Å²) in [5.74, 6) is 1.24. The molecule has 0 unspecified atom stereocenters. The molecule has 0 aromatic carbocycles. The number of amidine groups is 1. The lowest BCUT2D eigenvalue weighted by atomic mass is 10.2. The number of unbranched alkanes of at least 4 members (excludes halogenated alkanes) is 1. The average molecular weight is 249 g/mol. The third-order valence-electron chi connectivity index (χ3n) is 2.35. The molecule has 0 aliphatic carbocycles. The molecule has 2 heterocycles. The van der Waals surface area contributed by atoms with Crippen molar-refractivity contribution in [2.75, 3.05) is 5.75 Å². The van der Waals surface area contributed by atoms with Gasteiger partial charge in [-0.05, 0) is 25.0 Å². The van der Waals surface area contributed by atoms with Gasteiger partial charge in [-0.3, -0.25) is 9.81 Å². The van der Waals surface area contributed by atoms with Crippen molar-refractivity contribution in [2.45, 2.75) is 24.4 Å². The first-order valence-corrected chi connectivity index (χ1v) is 6.51. The normalized spacial score (nSPS) is 10.8. The van der Waals surface area contributed by atoms with Crippen LogP contribution in [0.3, 0.4) is 0 Å². The zero-order valence-electron chi connectivity index (χ0n) is 9.47. The van der Waals surface area contributed by atoms with E-state index in [0.29, 0.717) is 6.42 Å². The fourth-order valence-corrected chi connectivity index (χ4v) is 2.42. The molecule has 6 heteroatoms. The Balaban J connectivity index is 1.85. The maximum Gasteiger partial charge on any atom is 0.195 e. The van der Waals surface area contributed by atoms with Crippen molar-refractivity contribution in [3.63, 3.8) is 0 Å². The molecule has 0 radical (unpaired) electrons. The third kappa shape index (κ3) is 3.20.